The number of phenols is 1. The molecule has 1 aliphatic rings. The van der Waals surface area contributed by atoms with Crippen LogP contribution in [0.4, 0.5) is 0 Å². The monoisotopic (exact) mass is 297 g/mol. The number of likely N-dealkylation sites (tertiary alicyclic amines) is 1. The Morgan fingerprint density at radius 3 is 2.40 bits per heavy atom. The van der Waals surface area contributed by atoms with Crippen molar-refractivity contribution in [3.63, 3.8) is 0 Å². The van der Waals surface area contributed by atoms with Crippen LogP contribution in [-0.2, 0) is 4.79 Å². The Labute approximate surface area is 121 Å². The fourth-order valence-electron chi connectivity index (χ4n) is 2.27. The van der Waals surface area contributed by atoms with Crippen LogP contribution in [0.3, 0.4) is 0 Å². The van der Waals surface area contributed by atoms with E-state index < -0.39 is 11.4 Å². The number of halogens is 1. The molecule has 108 valence electrons. The van der Waals surface area contributed by atoms with Crippen molar-refractivity contribution in [3.8, 4) is 5.75 Å². The molecule has 1 aromatic rings. The number of hydrogen-bond donors (Lipinski definition) is 2. The summed E-state index contributed by atoms with van der Waals surface area (Å²) >= 11 is 5.73. The minimum atomic E-state index is -0.834. The molecular weight excluding hydrogens is 282 g/mol. The molecule has 0 atom stereocenters. The average Bonchev–Trinajstić information content (AvgIpc) is 2.38. The maximum atomic E-state index is 12.3. The van der Waals surface area contributed by atoms with Gasteiger partial charge >= 0.3 is 5.97 Å². The third-order valence-corrected chi connectivity index (χ3v) is 4.10. The van der Waals surface area contributed by atoms with E-state index in [-0.39, 0.29) is 17.2 Å². The quantitative estimate of drug-likeness (QED) is 0.878. The third-order valence-electron chi connectivity index (χ3n) is 3.86. The highest BCUT2D eigenvalue weighted by Gasteiger charge is 2.38. The van der Waals surface area contributed by atoms with Crippen molar-refractivity contribution in [1.82, 2.24) is 4.90 Å². The number of carbonyl (C=O) groups is 2. The van der Waals surface area contributed by atoms with E-state index >= 15 is 0 Å². The third kappa shape index (κ3) is 2.72. The van der Waals surface area contributed by atoms with Crippen LogP contribution < -0.4 is 0 Å². The van der Waals surface area contributed by atoms with Crippen LogP contribution in [0.2, 0.25) is 5.02 Å². The van der Waals surface area contributed by atoms with Crippen LogP contribution in [0.25, 0.3) is 0 Å². The largest absolute Gasteiger partial charge is 0.507 e. The first-order valence-corrected chi connectivity index (χ1v) is 6.72. The maximum absolute atomic E-state index is 12.3. The zero-order valence-electron chi connectivity index (χ0n) is 11.1. The average molecular weight is 298 g/mol. The summed E-state index contributed by atoms with van der Waals surface area (Å²) in [5, 5.41) is 19.3. The summed E-state index contributed by atoms with van der Waals surface area (Å²) in [4.78, 5) is 25.0. The molecule has 0 radical (unpaired) electrons. The smallest absolute Gasteiger partial charge is 0.309 e. The number of aromatic hydroxyl groups is 1. The molecule has 0 spiro atoms. The highest BCUT2D eigenvalue weighted by Crippen LogP contribution is 2.32. The molecule has 0 saturated carbocycles. The van der Waals surface area contributed by atoms with Gasteiger partial charge in [-0.25, -0.2) is 0 Å². The molecule has 6 heteroatoms. The minimum Gasteiger partial charge on any atom is -0.507 e. The first-order valence-electron chi connectivity index (χ1n) is 6.35. The van der Waals surface area contributed by atoms with Gasteiger partial charge in [0.2, 0.25) is 0 Å². The number of benzene rings is 1. The molecule has 1 aliphatic heterocycles. The van der Waals surface area contributed by atoms with Crippen molar-refractivity contribution in [2.45, 2.75) is 19.8 Å². The molecule has 20 heavy (non-hydrogen) atoms. The lowest BCUT2D eigenvalue weighted by atomic mass is 9.80. The summed E-state index contributed by atoms with van der Waals surface area (Å²) in [6.07, 6.45) is 0.810. The number of carbonyl (C=O) groups excluding carboxylic acids is 1. The number of aliphatic carboxylic acids is 1. The van der Waals surface area contributed by atoms with Crippen LogP contribution in [0.5, 0.6) is 5.75 Å². The number of rotatable bonds is 2. The normalized spacial score (nSPS) is 17.8. The van der Waals surface area contributed by atoms with Gasteiger partial charge in [0.25, 0.3) is 5.91 Å². The molecular formula is C14H16ClNO4. The summed E-state index contributed by atoms with van der Waals surface area (Å²) in [7, 11) is 0. The van der Waals surface area contributed by atoms with E-state index in [0.717, 1.165) is 0 Å². The first-order chi connectivity index (χ1) is 9.33. The summed E-state index contributed by atoms with van der Waals surface area (Å²) in [6.45, 7) is 2.42. The second-order valence-electron chi connectivity index (χ2n) is 5.32. The second-order valence-corrected chi connectivity index (χ2v) is 5.76. The SMILES string of the molecule is CC1(C(=O)O)CCN(C(=O)c2ccc(Cl)cc2O)CC1. The molecule has 0 aliphatic carbocycles. The number of carboxylic acids is 1. The number of nitrogens with zero attached hydrogens (tertiary/aromatic N) is 1. The van der Waals surface area contributed by atoms with Gasteiger partial charge in [-0.1, -0.05) is 11.6 Å². The molecule has 1 heterocycles. The van der Waals surface area contributed by atoms with Crippen molar-refractivity contribution in [1.29, 1.82) is 0 Å². The van der Waals surface area contributed by atoms with Gasteiger partial charge in [0, 0.05) is 18.1 Å². The Kier molecular flexibility index (Phi) is 3.90. The van der Waals surface area contributed by atoms with Crippen molar-refractivity contribution in [3.05, 3.63) is 28.8 Å². The number of amides is 1. The van der Waals surface area contributed by atoms with Gasteiger partial charge in [0.05, 0.1) is 11.0 Å². The maximum Gasteiger partial charge on any atom is 0.309 e. The summed E-state index contributed by atoms with van der Waals surface area (Å²) in [5.41, 5.74) is -0.591. The van der Waals surface area contributed by atoms with E-state index in [1.165, 1.54) is 12.1 Å². The van der Waals surface area contributed by atoms with Gasteiger partial charge in [-0.15, -0.1) is 0 Å². The predicted octanol–water partition coefficient (Wildman–Crippen LogP) is 2.37. The second kappa shape index (κ2) is 5.32. The van der Waals surface area contributed by atoms with Crippen molar-refractivity contribution in [2.24, 2.45) is 5.41 Å². The standard InChI is InChI=1S/C14H16ClNO4/c1-14(13(19)20)4-6-16(7-5-14)12(18)10-3-2-9(15)8-11(10)17/h2-3,8,17H,4-7H2,1H3,(H,19,20). The van der Waals surface area contributed by atoms with Crippen molar-refractivity contribution in [2.75, 3.05) is 13.1 Å². The fraction of sp³-hybridized carbons (Fsp3) is 0.429. The molecule has 1 fully saturated rings. The Bertz CT molecular complexity index is 550. The lowest BCUT2D eigenvalue weighted by Crippen LogP contribution is -2.45. The Morgan fingerprint density at radius 2 is 1.90 bits per heavy atom. The van der Waals surface area contributed by atoms with Crippen LogP contribution >= 0.6 is 11.6 Å². The zero-order valence-corrected chi connectivity index (χ0v) is 11.9. The van der Waals surface area contributed by atoms with Crippen molar-refractivity contribution < 1.29 is 19.8 Å². The number of piperidine rings is 1. The molecule has 1 amide bonds. The number of carboxylic acid groups (broad SMARTS) is 1. The van der Waals surface area contributed by atoms with E-state index in [9.17, 15) is 14.7 Å². The molecule has 0 aromatic heterocycles. The molecule has 1 saturated heterocycles. The first kappa shape index (κ1) is 14.7. The predicted molar refractivity (Wildman–Crippen MR) is 74.0 cm³/mol. The molecule has 0 bridgehead atoms. The van der Waals surface area contributed by atoms with Gasteiger partial charge in [-0.2, -0.15) is 0 Å². The van der Waals surface area contributed by atoms with Gasteiger partial charge in [-0.3, -0.25) is 9.59 Å². The van der Waals surface area contributed by atoms with Gasteiger partial charge in [-0.05, 0) is 38.0 Å². The van der Waals surface area contributed by atoms with Crippen LogP contribution in [0.15, 0.2) is 18.2 Å². The van der Waals surface area contributed by atoms with Crippen LogP contribution in [0, 0.1) is 5.41 Å². The van der Waals surface area contributed by atoms with Gasteiger partial charge in [0.1, 0.15) is 5.75 Å². The van der Waals surface area contributed by atoms with E-state index in [4.69, 9.17) is 16.7 Å². The zero-order chi connectivity index (χ0) is 14.9. The summed E-state index contributed by atoms with van der Waals surface area (Å²) in [5.74, 6) is -1.29. The number of phenolic OH excluding ortho intramolecular Hbond substituents is 1. The Hall–Kier alpha value is -1.75. The summed E-state index contributed by atoms with van der Waals surface area (Å²) in [6, 6.07) is 4.34. The van der Waals surface area contributed by atoms with E-state index in [0.29, 0.717) is 31.0 Å². The van der Waals surface area contributed by atoms with Crippen molar-refractivity contribution >= 4 is 23.5 Å². The molecule has 2 N–H and O–H groups in total. The molecule has 5 nitrogen and oxygen atoms in total. The lowest BCUT2D eigenvalue weighted by molar-refractivity contribution is -0.150. The molecule has 1 aromatic carbocycles. The Balaban J connectivity index is 2.11. The van der Waals surface area contributed by atoms with Crippen LogP contribution in [0.1, 0.15) is 30.1 Å². The van der Waals surface area contributed by atoms with Gasteiger partial charge in [0.15, 0.2) is 0 Å². The molecule has 0 unspecified atom stereocenters. The molecule has 2 rings (SSSR count). The summed E-state index contributed by atoms with van der Waals surface area (Å²) < 4.78 is 0. The topological polar surface area (TPSA) is 77.8 Å². The Morgan fingerprint density at radius 1 is 1.30 bits per heavy atom. The highest BCUT2D eigenvalue weighted by atomic mass is 35.5. The highest BCUT2D eigenvalue weighted by molar-refractivity contribution is 6.30. The minimum absolute atomic E-state index is 0.158. The van der Waals surface area contributed by atoms with E-state index in [1.54, 1.807) is 17.9 Å². The fourth-order valence-corrected chi connectivity index (χ4v) is 2.44. The van der Waals surface area contributed by atoms with E-state index in [2.05, 4.69) is 0 Å². The van der Waals surface area contributed by atoms with Gasteiger partial charge < -0.3 is 15.1 Å². The lowest BCUT2D eigenvalue weighted by Gasteiger charge is -2.36. The van der Waals surface area contributed by atoms with Crippen LogP contribution in [-0.4, -0.2) is 40.1 Å². The number of hydrogen-bond acceptors (Lipinski definition) is 3. The van der Waals surface area contributed by atoms with E-state index in [1.807, 2.05) is 0 Å².